The van der Waals surface area contributed by atoms with Crippen molar-refractivity contribution in [3.05, 3.63) is 54.9 Å². The Morgan fingerprint density at radius 3 is 2.75 bits per heavy atom. The van der Waals surface area contributed by atoms with Gasteiger partial charge in [-0.2, -0.15) is 0 Å². The summed E-state index contributed by atoms with van der Waals surface area (Å²) in [5, 5.41) is 30.2. The van der Waals surface area contributed by atoms with Gasteiger partial charge in [-0.25, -0.2) is 4.68 Å². The number of aromatic nitrogens is 4. The molecule has 0 bridgehead atoms. The molecule has 0 saturated carbocycles. The summed E-state index contributed by atoms with van der Waals surface area (Å²) in [4.78, 5) is 4.14. The van der Waals surface area contributed by atoms with Crippen molar-refractivity contribution in [3.8, 4) is 28.4 Å². The molecule has 0 unspecified atom stereocenters. The minimum atomic E-state index is -0.101. The molecule has 2 N–H and O–H groups in total. The van der Waals surface area contributed by atoms with Crippen molar-refractivity contribution >= 4 is 23.4 Å². The number of aromatic hydroxyl groups is 2. The van der Waals surface area contributed by atoms with Crippen LogP contribution in [0.3, 0.4) is 0 Å². The lowest BCUT2D eigenvalue weighted by Gasteiger charge is -2.11. The van der Waals surface area contributed by atoms with Gasteiger partial charge in [0.15, 0.2) is 0 Å². The second-order valence-corrected chi connectivity index (χ2v) is 5.67. The molecule has 2 heterocycles. The zero-order valence-electron chi connectivity index (χ0n) is 12.3. The van der Waals surface area contributed by atoms with Crippen LogP contribution in [0.15, 0.2) is 59.9 Å². The molecule has 0 amide bonds. The fraction of sp³-hybridized carbons (Fsp3) is 0. The van der Waals surface area contributed by atoms with Gasteiger partial charge < -0.3 is 10.2 Å². The molecule has 0 fully saturated rings. The van der Waals surface area contributed by atoms with E-state index >= 15 is 0 Å². The summed E-state index contributed by atoms with van der Waals surface area (Å²) >= 11 is 4.42. The van der Waals surface area contributed by atoms with Crippen LogP contribution in [0.5, 0.6) is 11.5 Å². The number of thiol groups is 1. The van der Waals surface area contributed by atoms with E-state index < -0.39 is 0 Å². The van der Waals surface area contributed by atoms with E-state index in [9.17, 15) is 10.2 Å². The van der Waals surface area contributed by atoms with E-state index in [0.29, 0.717) is 16.4 Å². The fourth-order valence-corrected chi connectivity index (χ4v) is 2.95. The quantitative estimate of drug-likeness (QED) is 0.490. The van der Waals surface area contributed by atoms with E-state index in [1.807, 2.05) is 24.3 Å². The summed E-state index contributed by atoms with van der Waals surface area (Å²) in [6.45, 7) is 0. The number of nitrogens with zero attached hydrogens (tertiary/aromatic N) is 4. The maximum absolute atomic E-state index is 10.2. The molecule has 2 aromatic carbocycles. The molecule has 0 spiro atoms. The topological polar surface area (TPSA) is 84.1 Å². The Labute approximate surface area is 142 Å². The second-order valence-electron chi connectivity index (χ2n) is 5.25. The Morgan fingerprint density at radius 2 is 1.92 bits per heavy atom. The number of phenols is 2. The first-order chi connectivity index (χ1) is 11.6. The highest BCUT2D eigenvalue weighted by Crippen LogP contribution is 2.35. The Balaban J connectivity index is 2.01. The predicted octanol–water partition coefficient (Wildman–Crippen LogP) is 3.18. The molecule has 0 radical (unpaired) electrons. The van der Waals surface area contributed by atoms with Crippen LogP contribution in [-0.2, 0) is 0 Å². The van der Waals surface area contributed by atoms with Crippen LogP contribution in [0.1, 0.15) is 0 Å². The molecule has 0 aliphatic heterocycles. The Kier molecular flexibility index (Phi) is 3.35. The number of hydrogen-bond donors (Lipinski definition) is 3. The lowest BCUT2D eigenvalue weighted by Crippen LogP contribution is -2.00. The van der Waals surface area contributed by atoms with Crippen molar-refractivity contribution in [1.29, 1.82) is 0 Å². The van der Waals surface area contributed by atoms with Crippen LogP contribution in [-0.4, -0.2) is 30.2 Å². The van der Waals surface area contributed by atoms with Crippen molar-refractivity contribution in [3.63, 3.8) is 0 Å². The monoisotopic (exact) mass is 336 g/mol. The molecule has 4 rings (SSSR count). The smallest absolute Gasteiger partial charge is 0.145 e. The van der Waals surface area contributed by atoms with Gasteiger partial charge in [0.2, 0.25) is 0 Å². The van der Waals surface area contributed by atoms with Gasteiger partial charge >= 0.3 is 0 Å². The van der Waals surface area contributed by atoms with Gasteiger partial charge in [-0.05, 0) is 23.6 Å². The zero-order valence-corrected chi connectivity index (χ0v) is 13.2. The van der Waals surface area contributed by atoms with Gasteiger partial charge in [0.1, 0.15) is 27.9 Å². The van der Waals surface area contributed by atoms with Crippen molar-refractivity contribution < 1.29 is 10.2 Å². The molecule has 6 nitrogen and oxygen atoms in total. The molecule has 0 aliphatic carbocycles. The number of fused-ring (bicyclic) bond motifs is 1. The molecular weight excluding hydrogens is 324 g/mol. The third-order valence-corrected chi connectivity index (χ3v) is 4.08. The number of pyridine rings is 1. The van der Waals surface area contributed by atoms with Crippen LogP contribution >= 0.6 is 12.6 Å². The Morgan fingerprint density at radius 1 is 1.04 bits per heavy atom. The average Bonchev–Trinajstić information content (AvgIpc) is 2.95. The van der Waals surface area contributed by atoms with Gasteiger partial charge in [0.05, 0.1) is 0 Å². The maximum Gasteiger partial charge on any atom is 0.145 e. The molecule has 0 aliphatic rings. The zero-order chi connectivity index (χ0) is 16.7. The Bertz CT molecular complexity index is 1060. The van der Waals surface area contributed by atoms with E-state index in [1.165, 1.54) is 16.8 Å². The molecule has 0 saturated heterocycles. The van der Waals surface area contributed by atoms with Gasteiger partial charge in [0.25, 0.3) is 0 Å². The van der Waals surface area contributed by atoms with Gasteiger partial charge in [0, 0.05) is 29.4 Å². The summed E-state index contributed by atoms with van der Waals surface area (Å²) in [6.07, 6.45) is 3.50. The minimum absolute atomic E-state index is 0.0275. The second kappa shape index (κ2) is 5.54. The van der Waals surface area contributed by atoms with Crippen LogP contribution in [0.25, 0.3) is 27.7 Å². The van der Waals surface area contributed by atoms with Crippen molar-refractivity contribution in [2.75, 3.05) is 0 Å². The molecule has 0 atom stereocenters. The Hall–Kier alpha value is -3.06. The first-order valence-corrected chi connectivity index (χ1v) is 7.60. The van der Waals surface area contributed by atoms with E-state index in [-0.39, 0.29) is 11.5 Å². The lowest BCUT2D eigenvalue weighted by molar-refractivity contribution is 0.447. The van der Waals surface area contributed by atoms with Crippen LogP contribution in [0.2, 0.25) is 0 Å². The van der Waals surface area contributed by atoms with Crippen molar-refractivity contribution in [2.45, 2.75) is 5.03 Å². The molecule has 4 aromatic rings. The van der Waals surface area contributed by atoms with E-state index in [2.05, 4.69) is 27.9 Å². The van der Waals surface area contributed by atoms with Gasteiger partial charge in [-0.3, -0.25) is 4.98 Å². The molecule has 24 heavy (non-hydrogen) atoms. The fourth-order valence-electron chi connectivity index (χ4n) is 2.70. The summed E-state index contributed by atoms with van der Waals surface area (Å²) in [5.41, 5.74) is 1.93. The highest BCUT2D eigenvalue weighted by molar-refractivity contribution is 7.80. The van der Waals surface area contributed by atoms with Crippen molar-refractivity contribution in [2.24, 2.45) is 0 Å². The van der Waals surface area contributed by atoms with E-state index in [1.54, 1.807) is 18.5 Å². The summed E-state index contributed by atoms with van der Waals surface area (Å²) in [5.74, 6) is -0.128. The first-order valence-electron chi connectivity index (χ1n) is 7.15. The number of hydrogen-bond acceptors (Lipinski definition) is 6. The first kappa shape index (κ1) is 14.5. The normalized spacial score (nSPS) is 11.0. The number of benzene rings is 2. The largest absolute Gasteiger partial charge is 0.508 e. The molecule has 7 heteroatoms. The highest BCUT2D eigenvalue weighted by atomic mass is 32.1. The minimum Gasteiger partial charge on any atom is -0.508 e. The third kappa shape index (κ3) is 2.26. The standard InChI is InChI=1S/C17H12N4O2S/c22-11-4-5-14(15(23)8-11)21-16(17(24)19-20-21)13-3-1-2-10-9-18-7-6-12(10)13/h1-9,22-24H. The third-order valence-electron chi connectivity index (χ3n) is 3.78. The van der Waals surface area contributed by atoms with E-state index in [4.69, 9.17) is 0 Å². The van der Waals surface area contributed by atoms with Crippen LogP contribution in [0, 0.1) is 0 Å². The summed E-state index contributed by atoms with van der Waals surface area (Å²) < 4.78 is 1.51. The molecular formula is C17H12N4O2S. The van der Waals surface area contributed by atoms with Crippen LogP contribution in [0.4, 0.5) is 0 Å². The highest BCUT2D eigenvalue weighted by Gasteiger charge is 2.18. The average molecular weight is 336 g/mol. The van der Waals surface area contributed by atoms with Gasteiger partial charge in [-0.15, -0.1) is 17.7 Å². The van der Waals surface area contributed by atoms with E-state index in [0.717, 1.165) is 16.3 Å². The SMILES string of the molecule is Oc1ccc(-n2nnc(S)c2-c2cccc3cnccc23)c(O)c1. The summed E-state index contributed by atoms with van der Waals surface area (Å²) in [6, 6.07) is 12.0. The number of rotatable bonds is 2. The van der Waals surface area contributed by atoms with Gasteiger partial charge in [-0.1, -0.05) is 23.4 Å². The van der Waals surface area contributed by atoms with Crippen molar-refractivity contribution in [1.82, 2.24) is 20.0 Å². The number of phenolic OH excluding ortho intramolecular Hbond substituents is 2. The summed E-state index contributed by atoms with van der Waals surface area (Å²) in [7, 11) is 0. The molecule has 118 valence electrons. The lowest BCUT2D eigenvalue weighted by atomic mass is 10.0. The molecule has 2 aromatic heterocycles. The van der Waals surface area contributed by atoms with Crippen LogP contribution < -0.4 is 0 Å². The maximum atomic E-state index is 10.2. The predicted molar refractivity (Wildman–Crippen MR) is 92.7 cm³/mol.